The predicted octanol–water partition coefficient (Wildman–Crippen LogP) is 3.29. The molecule has 4 aromatic rings. The zero-order valence-corrected chi connectivity index (χ0v) is 22.2. The van der Waals surface area contributed by atoms with E-state index in [1.165, 1.54) is 14.9 Å². The minimum Gasteiger partial charge on any atom is -0.349 e. The van der Waals surface area contributed by atoms with Crippen molar-refractivity contribution >= 4 is 32.5 Å². The van der Waals surface area contributed by atoms with E-state index >= 15 is 0 Å². The number of aryl methyl sites for hydroxylation is 1. The van der Waals surface area contributed by atoms with Gasteiger partial charge in [0.25, 0.3) is 0 Å². The summed E-state index contributed by atoms with van der Waals surface area (Å²) in [6, 6.07) is 16.8. The van der Waals surface area contributed by atoms with Crippen LogP contribution in [-0.4, -0.2) is 39.5 Å². The fourth-order valence-corrected chi connectivity index (χ4v) is 7.24. The molecule has 10 heteroatoms. The number of benzene rings is 2. The Balaban J connectivity index is 1.48. The van der Waals surface area contributed by atoms with E-state index in [-0.39, 0.29) is 17.4 Å². The molecule has 2 aromatic carbocycles. The molecule has 2 aliphatic rings. The highest BCUT2D eigenvalue weighted by molar-refractivity contribution is 7.94. The second-order valence-electron chi connectivity index (χ2n) is 10.7. The summed E-state index contributed by atoms with van der Waals surface area (Å²) in [4.78, 5) is 24.7. The van der Waals surface area contributed by atoms with E-state index in [4.69, 9.17) is 0 Å². The molecule has 2 atom stereocenters. The molecular formula is C28H29N5O4S. The topological polar surface area (TPSA) is 106 Å². The highest BCUT2D eigenvalue weighted by Crippen LogP contribution is 2.48. The second-order valence-corrected chi connectivity index (χ2v) is 13.1. The number of amides is 1. The van der Waals surface area contributed by atoms with E-state index < -0.39 is 26.9 Å². The lowest BCUT2D eigenvalue weighted by molar-refractivity contribution is -0.123. The summed E-state index contributed by atoms with van der Waals surface area (Å²) in [6.07, 6.45) is 5.06. The SMILES string of the molecule is Cn1cc(-n2ncc3cc(N4[C@H](c5ccccc5)[C@@H](NC(=O)C5CC5)C(C)(C)S4(=O)=O)ccc32)ccc1=O. The first-order chi connectivity index (χ1) is 18.1. The van der Waals surface area contributed by atoms with Crippen molar-refractivity contribution in [2.75, 3.05) is 4.31 Å². The molecule has 0 bridgehead atoms. The molecule has 2 fully saturated rings. The Morgan fingerprint density at radius 3 is 2.42 bits per heavy atom. The summed E-state index contributed by atoms with van der Waals surface area (Å²) >= 11 is 0. The van der Waals surface area contributed by atoms with Crippen molar-refractivity contribution in [3.05, 3.63) is 89.0 Å². The minimum absolute atomic E-state index is 0.0429. The third-order valence-electron chi connectivity index (χ3n) is 7.75. The van der Waals surface area contributed by atoms with Crippen LogP contribution in [0, 0.1) is 5.92 Å². The summed E-state index contributed by atoms with van der Waals surface area (Å²) in [5.41, 5.74) is 2.68. The fraction of sp³-hybridized carbons (Fsp3) is 0.321. The number of pyridine rings is 1. The summed E-state index contributed by atoms with van der Waals surface area (Å²) in [6.45, 7) is 3.37. The number of rotatable bonds is 5. The van der Waals surface area contributed by atoms with Crippen LogP contribution in [0.4, 0.5) is 5.69 Å². The normalized spacial score (nSPS) is 22.0. The van der Waals surface area contributed by atoms with Crippen molar-refractivity contribution in [1.29, 1.82) is 0 Å². The van der Waals surface area contributed by atoms with E-state index in [0.29, 0.717) is 5.69 Å². The molecule has 1 saturated heterocycles. The molecule has 1 N–H and O–H groups in total. The number of hydrogen-bond acceptors (Lipinski definition) is 5. The van der Waals surface area contributed by atoms with Gasteiger partial charge in [0.15, 0.2) is 0 Å². The number of aromatic nitrogens is 3. The van der Waals surface area contributed by atoms with Crippen molar-refractivity contribution in [3.63, 3.8) is 0 Å². The summed E-state index contributed by atoms with van der Waals surface area (Å²) in [5.74, 6) is -0.131. The minimum atomic E-state index is -3.89. The first kappa shape index (κ1) is 24.4. The number of anilines is 1. The quantitative estimate of drug-likeness (QED) is 0.425. The lowest BCUT2D eigenvalue weighted by atomic mass is 9.90. The fourth-order valence-electron chi connectivity index (χ4n) is 5.29. The molecule has 38 heavy (non-hydrogen) atoms. The first-order valence-electron chi connectivity index (χ1n) is 12.6. The molecule has 1 saturated carbocycles. The number of hydrogen-bond donors (Lipinski definition) is 1. The molecule has 1 amide bonds. The van der Waals surface area contributed by atoms with E-state index in [2.05, 4.69) is 10.4 Å². The molecule has 3 heterocycles. The molecule has 1 aliphatic carbocycles. The third kappa shape index (κ3) is 3.74. The largest absolute Gasteiger partial charge is 0.349 e. The summed E-state index contributed by atoms with van der Waals surface area (Å²) < 4.78 is 31.7. The van der Waals surface area contributed by atoms with Crippen molar-refractivity contribution in [3.8, 4) is 5.69 Å². The molecule has 1 aliphatic heterocycles. The van der Waals surface area contributed by atoms with Crippen LogP contribution in [0.3, 0.4) is 0 Å². The maximum Gasteiger partial charge on any atom is 0.250 e. The van der Waals surface area contributed by atoms with E-state index in [0.717, 1.165) is 35.0 Å². The number of sulfonamides is 1. The first-order valence-corrected chi connectivity index (χ1v) is 14.1. The van der Waals surface area contributed by atoms with Crippen LogP contribution < -0.4 is 15.2 Å². The van der Waals surface area contributed by atoms with Gasteiger partial charge in [0.05, 0.1) is 35.2 Å². The van der Waals surface area contributed by atoms with Crippen LogP contribution >= 0.6 is 0 Å². The Morgan fingerprint density at radius 1 is 1.03 bits per heavy atom. The number of carbonyl (C=O) groups excluding carboxylic acids is 1. The van der Waals surface area contributed by atoms with Gasteiger partial charge in [-0.1, -0.05) is 30.3 Å². The van der Waals surface area contributed by atoms with E-state index in [1.807, 2.05) is 42.5 Å². The Bertz CT molecular complexity index is 1720. The Kier molecular flexibility index (Phi) is 5.50. The van der Waals surface area contributed by atoms with Gasteiger partial charge in [-0.2, -0.15) is 5.10 Å². The lowest BCUT2D eigenvalue weighted by Crippen LogP contribution is -2.50. The van der Waals surface area contributed by atoms with Crippen molar-refractivity contribution < 1.29 is 13.2 Å². The molecule has 0 unspecified atom stereocenters. The number of nitrogens with one attached hydrogen (secondary N) is 1. The number of carbonyl (C=O) groups is 1. The van der Waals surface area contributed by atoms with Crippen molar-refractivity contribution in [2.24, 2.45) is 13.0 Å². The zero-order chi connectivity index (χ0) is 26.8. The van der Waals surface area contributed by atoms with Crippen LogP contribution in [0.25, 0.3) is 16.6 Å². The standard InChI is InChI=1S/C28H29N5O4S/c1-28(2)26(30-27(35)19-9-10-19)25(18-7-5-4-6-8-18)33(38(28,36)37)21-11-13-23-20(15-21)16-29-32(23)22-12-14-24(34)31(3)17-22/h4-8,11-17,19,25-26H,9-10H2,1-3H3,(H,30,35)/t25-,26-/m1/s1. The summed E-state index contributed by atoms with van der Waals surface area (Å²) in [5, 5.41) is 8.36. The van der Waals surface area contributed by atoms with Crippen molar-refractivity contribution in [2.45, 2.75) is 43.5 Å². The van der Waals surface area contributed by atoms with Gasteiger partial charge in [-0.05, 0) is 56.5 Å². The van der Waals surface area contributed by atoms with Gasteiger partial charge in [-0.15, -0.1) is 0 Å². The maximum atomic E-state index is 14.1. The number of fused-ring (bicyclic) bond motifs is 1. The number of nitrogens with zero attached hydrogens (tertiary/aromatic N) is 4. The highest BCUT2D eigenvalue weighted by atomic mass is 32.2. The predicted molar refractivity (Wildman–Crippen MR) is 146 cm³/mol. The zero-order valence-electron chi connectivity index (χ0n) is 21.4. The molecule has 2 aromatic heterocycles. The average molecular weight is 532 g/mol. The van der Waals surface area contributed by atoms with E-state index in [1.54, 1.807) is 50.1 Å². The van der Waals surface area contributed by atoms with Crippen LogP contribution in [-0.2, 0) is 21.9 Å². The van der Waals surface area contributed by atoms with Gasteiger partial charge in [-0.25, -0.2) is 13.1 Å². The molecule has 9 nitrogen and oxygen atoms in total. The van der Waals surface area contributed by atoms with Crippen LogP contribution in [0.15, 0.2) is 77.9 Å². The molecule has 0 spiro atoms. The van der Waals surface area contributed by atoms with E-state index in [9.17, 15) is 18.0 Å². The van der Waals surface area contributed by atoms with Gasteiger partial charge < -0.3 is 9.88 Å². The Labute approximate surface area is 220 Å². The van der Waals surface area contributed by atoms with Gasteiger partial charge in [0, 0.05) is 30.6 Å². The Hall–Kier alpha value is -3.92. The maximum absolute atomic E-state index is 14.1. The lowest BCUT2D eigenvalue weighted by Gasteiger charge is -2.29. The molecule has 0 radical (unpaired) electrons. The van der Waals surface area contributed by atoms with Gasteiger partial charge in [0.1, 0.15) is 4.75 Å². The van der Waals surface area contributed by atoms with Gasteiger partial charge in [-0.3, -0.25) is 13.9 Å². The molecular weight excluding hydrogens is 502 g/mol. The smallest absolute Gasteiger partial charge is 0.250 e. The molecule has 6 rings (SSSR count). The van der Waals surface area contributed by atoms with Crippen LogP contribution in [0.2, 0.25) is 0 Å². The van der Waals surface area contributed by atoms with Gasteiger partial charge >= 0.3 is 0 Å². The third-order valence-corrected chi connectivity index (χ3v) is 10.3. The monoisotopic (exact) mass is 531 g/mol. The molecule has 196 valence electrons. The average Bonchev–Trinajstić information content (AvgIpc) is 3.64. The van der Waals surface area contributed by atoms with Crippen LogP contribution in [0.1, 0.15) is 38.3 Å². The summed E-state index contributed by atoms with van der Waals surface area (Å²) in [7, 11) is -2.21. The Morgan fingerprint density at radius 2 is 1.74 bits per heavy atom. The van der Waals surface area contributed by atoms with Crippen molar-refractivity contribution in [1.82, 2.24) is 19.7 Å². The highest BCUT2D eigenvalue weighted by Gasteiger charge is 2.60. The van der Waals surface area contributed by atoms with Crippen LogP contribution in [0.5, 0.6) is 0 Å². The second kappa shape index (κ2) is 8.56. The van der Waals surface area contributed by atoms with Gasteiger partial charge in [0.2, 0.25) is 21.5 Å².